The number of aliphatic carboxylic acids is 1. The van der Waals surface area contributed by atoms with Crippen molar-refractivity contribution in [3.63, 3.8) is 0 Å². The van der Waals surface area contributed by atoms with Gasteiger partial charge in [-0.2, -0.15) is 5.10 Å². The molecular weight excluding hydrogens is 392 g/mol. The average molecular weight is 406 g/mol. The first-order chi connectivity index (χ1) is 14.3. The van der Waals surface area contributed by atoms with Crippen molar-refractivity contribution in [3.05, 3.63) is 81.9 Å². The van der Waals surface area contributed by atoms with E-state index in [1.54, 1.807) is 30.3 Å². The summed E-state index contributed by atoms with van der Waals surface area (Å²) in [7, 11) is 0. The van der Waals surface area contributed by atoms with Crippen molar-refractivity contribution in [3.8, 4) is 0 Å². The Morgan fingerprint density at radius 2 is 1.97 bits per heavy atom. The predicted molar refractivity (Wildman–Crippen MR) is 105 cm³/mol. The highest BCUT2D eigenvalue weighted by Crippen LogP contribution is 2.47. The number of rotatable bonds is 4. The third kappa shape index (κ3) is 2.91. The number of carboxylic acids is 1. The number of benzene rings is 2. The van der Waals surface area contributed by atoms with E-state index < -0.39 is 28.2 Å². The van der Waals surface area contributed by atoms with E-state index in [0.717, 1.165) is 11.1 Å². The predicted octanol–water partition coefficient (Wildman–Crippen LogP) is 2.02. The Hall–Kier alpha value is -4.34. The lowest BCUT2D eigenvalue weighted by Crippen LogP contribution is -2.48. The number of hydrogen-bond acceptors (Lipinski definition) is 6. The van der Waals surface area contributed by atoms with Gasteiger partial charge in [0.05, 0.1) is 10.6 Å². The Labute approximate surface area is 169 Å². The third-order valence-electron chi connectivity index (χ3n) is 4.97. The van der Waals surface area contributed by atoms with Crippen LogP contribution in [-0.2, 0) is 19.9 Å². The molecule has 1 atom stereocenters. The van der Waals surface area contributed by atoms with Gasteiger partial charge in [-0.25, -0.2) is 9.80 Å². The molecule has 2 aliphatic heterocycles. The molecule has 0 unspecified atom stereocenters. The smallest absolute Gasteiger partial charge is 0.328 e. The van der Waals surface area contributed by atoms with Gasteiger partial charge in [0.1, 0.15) is 0 Å². The molecule has 150 valence electrons. The molecule has 10 nitrogen and oxygen atoms in total. The van der Waals surface area contributed by atoms with Crippen molar-refractivity contribution in [2.24, 2.45) is 5.10 Å². The van der Waals surface area contributed by atoms with Gasteiger partial charge in [-0.05, 0) is 6.07 Å². The first-order valence-corrected chi connectivity index (χ1v) is 8.81. The van der Waals surface area contributed by atoms with Crippen LogP contribution in [0.1, 0.15) is 17.5 Å². The van der Waals surface area contributed by atoms with Gasteiger partial charge < -0.3 is 10.4 Å². The Kier molecular flexibility index (Phi) is 4.38. The molecule has 30 heavy (non-hydrogen) atoms. The Morgan fingerprint density at radius 1 is 1.20 bits per heavy atom. The molecule has 0 aliphatic carbocycles. The standard InChI is InChI=1S/C20H14N4O6/c25-17(8-9-18(26)27)23-20(14-6-1-2-7-15(14)21-19(20)28)11-16(22-23)12-4-3-5-13(10-12)24(29)30/h1-10H,11H2,(H,21,28)(H,26,27)/b9-8+/t20-/m0/s1. The van der Waals surface area contributed by atoms with E-state index in [1.165, 1.54) is 18.2 Å². The molecule has 0 bridgehead atoms. The number of amides is 2. The second-order valence-corrected chi connectivity index (χ2v) is 6.71. The van der Waals surface area contributed by atoms with Crippen molar-refractivity contribution >= 4 is 34.9 Å². The quantitative estimate of drug-likeness (QED) is 0.452. The topological polar surface area (TPSA) is 142 Å². The number of carboxylic acid groups (broad SMARTS) is 1. The summed E-state index contributed by atoms with van der Waals surface area (Å²) in [4.78, 5) is 47.3. The van der Waals surface area contributed by atoms with E-state index >= 15 is 0 Å². The zero-order chi connectivity index (χ0) is 21.5. The molecule has 0 fully saturated rings. The Bertz CT molecular complexity index is 1170. The van der Waals surface area contributed by atoms with E-state index in [-0.39, 0.29) is 12.1 Å². The number of carbonyl (C=O) groups excluding carboxylic acids is 2. The molecule has 0 aromatic heterocycles. The highest BCUT2D eigenvalue weighted by Gasteiger charge is 2.57. The van der Waals surface area contributed by atoms with E-state index in [9.17, 15) is 24.5 Å². The highest BCUT2D eigenvalue weighted by atomic mass is 16.6. The fraction of sp³-hybridized carbons (Fsp3) is 0.100. The van der Waals surface area contributed by atoms with Crippen LogP contribution >= 0.6 is 0 Å². The number of nitro benzene ring substituents is 1. The average Bonchev–Trinajstić information content (AvgIpc) is 3.26. The first kappa shape index (κ1) is 19.0. The van der Waals surface area contributed by atoms with Crippen molar-refractivity contribution in [2.45, 2.75) is 12.0 Å². The van der Waals surface area contributed by atoms with Crippen molar-refractivity contribution in [1.29, 1.82) is 0 Å². The van der Waals surface area contributed by atoms with Crippen LogP contribution in [0.2, 0.25) is 0 Å². The summed E-state index contributed by atoms with van der Waals surface area (Å²) in [6, 6.07) is 12.5. The zero-order valence-electron chi connectivity index (χ0n) is 15.3. The van der Waals surface area contributed by atoms with Gasteiger partial charge in [-0.1, -0.05) is 30.3 Å². The van der Waals surface area contributed by atoms with Gasteiger partial charge in [0.2, 0.25) is 0 Å². The number of non-ortho nitro benzene ring substituents is 1. The summed E-state index contributed by atoms with van der Waals surface area (Å²) in [6.45, 7) is 0. The lowest BCUT2D eigenvalue weighted by Gasteiger charge is -2.29. The highest BCUT2D eigenvalue weighted by molar-refractivity contribution is 6.16. The van der Waals surface area contributed by atoms with Crippen LogP contribution in [0, 0.1) is 10.1 Å². The summed E-state index contributed by atoms with van der Waals surface area (Å²) in [5.41, 5.74) is 0.0301. The van der Waals surface area contributed by atoms with Crippen molar-refractivity contribution < 1.29 is 24.4 Å². The van der Waals surface area contributed by atoms with Gasteiger partial charge in [0.25, 0.3) is 17.5 Å². The molecule has 0 radical (unpaired) electrons. The number of anilines is 1. The summed E-state index contributed by atoms with van der Waals surface area (Å²) in [5, 5.41) is 27.9. The lowest BCUT2D eigenvalue weighted by molar-refractivity contribution is -0.384. The number of nitrogens with zero attached hydrogens (tertiary/aromatic N) is 3. The molecule has 4 rings (SSSR count). The van der Waals surface area contributed by atoms with E-state index in [1.807, 2.05) is 0 Å². The Morgan fingerprint density at radius 3 is 2.70 bits per heavy atom. The number of nitrogens with one attached hydrogen (secondary N) is 1. The summed E-state index contributed by atoms with van der Waals surface area (Å²) >= 11 is 0. The maximum Gasteiger partial charge on any atom is 0.328 e. The number of fused-ring (bicyclic) bond motifs is 2. The maximum absolute atomic E-state index is 13.0. The zero-order valence-corrected chi connectivity index (χ0v) is 15.3. The molecule has 10 heteroatoms. The minimum atomic E-state index is -1.52. The molecule has 0 saturated carbocycles. The fourth-order valence-corrected chi connectivity index (χ4v) is 3.65. The summed E-state index contributed by atoms with van der Waals surface area (Å²) < 4.78 is 0. The fourth-order valence-electron chi connectivity index (χ4n) is 3.65. The normalized spacial score (nSPS) is 19.7. The summed E-state index contributed by atoms with van der Waals surface area (Å²) in [5.74, 6) is -2.62. The molecule has 2 aromatic carbocycles. The largest absolute Gasteiger partial charge is 0.478 e. The monoisotopic (exact) mass is 406 g/mol. The van der Waals surface area contributed by atoms with E-state index in [4.69, 9.17) is 5.11 Å². The van der Waals surface area contributed by atoms with Crippen LogP contribution in [0.15, 0.2) is 65.8 Å². The number of nitro groups is 1. The molecule has 2 N–H and O–H groups in total. The number of hydrogen-bond donors (Lipinski definition) is 2. The van der Waals surface area contributed by atoms with Crippen LogP contribution < -0.4 is 5.32 Å². The molecule has 0 saturated heterocycles. The van der Waals surface area contributed by atoms with Crippen LogP contribution in [0.4, 0.5) is 11.4 Å². The van der Waals surface area contributed by atoms with Crippen LogP contribution in [0.25, 0.3) is 0 Å². The van der Waals surface area contributed by atoms with Crippen LogP contribution in [-0.4, -0.2) is 38.5 Å². The molecule has 2 amide bonds. The minimum absolute atomic E-state index is 0.0241. The SMILES string of the molecule is O=C(O)/C=C/C(=O)N1N=C(c2cccc([N+](=O)[O-])c2)C[C@]12C(=O)Nc1ccccc12. The maximum atomic E-state index is 13.0. The number of hydrazone groups is 1. The molecule has 1 spiro atoms. The van der Waals surface area contributed by atoms with Crippen molar-refractivity contribution in [2.75, 3.05) is 5.32 Å². The van der Waals surface area contributed by atoms with Gasteiger partial charge in [0, 0.05) is 47.5 Å². The van der Waals surface area contributed by atoms with Gasteiger partial charge in [-0.15, -0.1) is 0 Å². The molecule has 2 aromatic rings. The van der Waals surface area contributed by atoms with Gasteiger partial charge in [-0.3, -0.25) is 19.7 Å². The van der Waals surface area contributed by atoms with E-state index in [0.29, 0.717) is 28.6 Å². The molecular formula is C20H14N4O6. The molecule has 2 aliphatic rings. The van der Waals surface area contributed by atoms with Gasteiger partial charge >= 0.3 is 5.97 Å². The van der Waals surface area contributed by atoms with Crippen LogP contribution in [0.3, 0.4) is 0 Å². The Balaban J connectivity index is 1.85. The third-order valence-corrected chi connectivity index (χ3v) is 4.97. The number of para-hydroxylation sites is 1. The first-order valence-electron chi connectivity index (χ1n) is 8.81. The van der Waals surface area contributed by atoms with Crippen LogP contribution in [0.5, 0.6) is 0 Å². The second-order valence-electron chi connectivity index (χ2n) is 6.71. The number of carbonyl (C=O) groups is 3. The molecule has 2 heterocycles. The second kappa shape index (κ2) is 6.92. The van der Waals surface area contributed by atoms with Crippen molar-refractivity contribution in [1.82, 2.24) is 5.01 Å². The minimum Gasteiger partial charge on any atom is -0.478 e. The summed E-state index contributed by atoms with van der Waals surface area (Å²) in [6.07, 6.45) is 1.46. The van der Waals surface area contributed by atoms with Gasteiger partial charge in [0.15, 0.2) is 5.54 Å². The lowest BCUT2D eigenvalue weighted by atomic mass is 9.85. The van der Waals surface area contributed by atoms with E-state index in [2.05, 4.69) is 10.4 Å².